The molecule has 0 aliphatic carbocycles. The molecule has 0 saturated heterocycles. The van der Waals surface area contributed by atoms with Gasteiger partial charge in [0.2, 0.25) is 0 Å². The molecule has 1 rings (SSSR count). The van der Waals surface area contributed by atoms with E-state index in [1.165, 1.54) is 11.1 Å². The Labute approximate surface area is 104 Å². The van der Waals surface area contributed by atoms with Crippen LogP contribution in [0, 0.1) is 25.2 Å². The number of benzene rings is 1. The van der Waals surface area contributed by atoms with Crippen molar-refractivity contribution in [3.8, 4) is 11.8 Å². The third-order valence-electron chi connectivity index (χ3n) is 2.98. The van der Waals surface area contributed by atoms with Gasteiger partial charge >= 0.3 is 0 Å². The van der Waals surface area contributed by atoms with Crippen LogP contribution in [0.3, 0.4) is 0 Å². The lowest BCUT2D eigenvalue weighted by Crippen LogP contribution is -2.33. The van der Waals surface area contributed by atoms with Crippen LogP contribution >= 0.6 is 0 Å². The summed E-state index contributed by atoms with van der Waals surface area (Å²) in [5.41, 5.74) is 2.49. The number of likely N-dealkylation sites (N-methyl/N-ethyl adjacent to an activating group) is 1. The SMILES string of the molecule is Cc1ccc(OCC(CC#N)N(C)C)cc1C. The Hall–Kier alpha value is -1.53. The summed E-state index contributed by atoms with van der Waals surface area (Å²) in [5.74, 6) is 0.873. The van der Waals surface area contributed by atoms with E-state index in [2.05, 4.69) is 26.0 Å². The lowest BCUT2D eigenvalue weighted by molar-refractivity contribution is 0.188. The molecule has 1 unspecified atom stereocenters. The number of rotatable bonds is 5. The molecular weight excluding hydrogens is 212 g/mol. The highest BCUT2D eigenvalue weighted by Crippen LogP contribution is 2.17. The highest BCUT2D eigenvalue weighted by molar-refractivity contribution is 5.33. The third kappa shape index (κ3) is 4.08. The van der Waals surface area contributed by atoms with Crippen molar-refractivity contribution in [3.63, 3.8) is 0 Å². The quantitative estimate of drug-likeness (QED) is 0.782. The molecule has 1 aromatic rings. The van der Waals surface area contributed by atoms with Crippen molar-refractivity contribution in [1.82, 2.24) is 4.90 Å². The van der Waals surface area contributed by atoms with Crippen LogP contribution in [0.25, 0.3) is 0 Å². The summed E-state index contributed by atoms with van der Waals surface area (Å²) >= 11 is 0. The summed E-state index contributed by atoms with van der Waals surface area (Å²) in [6.07, 6.45) is 0.484. The fourth-order valence-corrected chi connectivity index (χ4v) is 1.49. The zero-order valence-electron chi connectivity index (χ0n) is 11.0. The molecule has 0 aliphatic heterocycles. The van der Waals surface area contributed by atoms with Gasteiger partial charge in [-0.1, -0.05) is 6.07 Å². The maximum absolute atomic E-state index is 8.73. The molecule has 0 radical (unpaired) electrons. The van der Waals surface area contributed by atoms with Crippen molar-refractivity contribution in [2.75, 3.05) is 20.7 Å². The standard InChI is InChI=1S/C14H20N2O/c1-11-5-6-14(9-12(11)2)17-10-13(7-8-15)16(3)4/h5-6,9,13H,7,10H2,1-4H3. The van der Waals surface area contributed by atoms with E-state index in [0.29, 0.717) is 13.0 Å². The van der Waals surface area contributed by atoms with Gasteiger partial charge in [0.25, 0.3) is 0 Å². The molecule has 0 aliphatic rings. The Bertz CT molecular complexity index is 407. The average molecular weight is 232 g/mol. The Kier molecular flexibility index (Phi) is 4.99. The fourth-order valence-electron chi connectivity index (χ4n) is 1.49. The number of ether oxygens (including phenoxy) is 1. The van der Waals surface area contributed by atoms with Crippen molar-refractivity contribution in [2.45, 2.75) is 26.3 Å². The molecule has 0 fully saturated rings. The van der Waals surface area contributed by atoms with Gasteiger partial charge in [-0.3, -0.25) is 0 Å². The molecule has 3 heteroatoms. The second-order valence-electron chi connectivity index (χ2n) is 4.54. The normalized spacial score (nSPS) is 12.2. The van der Waals surface area contributed by atoms with Crippen LogP contribution in [0.4, 0.5) is 0 Å². The zero-order valence-corrected chi connectivity index (χ0v) is 11.0. The summed E-state index contributed by atoms with van der Waals surface area (Å²) in [4.78, 5) is 2.02. The summed E-state index contributed by atoms with van der Waals surface area (Å²) in [6, 6.07) is 8.39. The van der Waals surface area contributed by atoms with Crippen molar-refractivity contribution in [2.24, 2.45) is 0 Å². The molecule has 0 bridgehead atoms. The second kappa shape index (κ2) is 6.27. The van der Waals surface area contributed by atoms with Gasteiger partial charge in [0.1, 0.15) is 12.4 Å². The number of hydrogen-bond donors (Lipinski definition) is 0. The maximum Gasteiger partial charge on any atom is 0.119 e. The minimum atomic E-state index is 0.140. The number of nitrogens with zero attached hydrogens (tertiary/aromatic N) is 2. The van der Waals surface area contributed by atoms with Crippen molar-refractivity contribution >= 4 is 0 Å². The van der Waals surface area contributed by atoms with Gasteiger partial charge in [0.15, 0.2) is 0 Å². The van der Waals surface area contributed by atoms with E-state index in [0.717, 1.165) is 5.75 Å². The minimum Gasteiger partial charge on any atom is -0.492 e. The highest BCUT2D eigenvalue weighted by atomic mass is 16.5. The van der Waals surface area contributed by atoms with Crippen LogP contribution in [-0.2, 0) is 0 Å². The molecule has 17 heavy (non-hydrogen) atoms. The fraction of sp³-hybridized carbons (Fsp3) is 0.500. The Morgan fingerprint density at radius 1 is 1.29 bits per heavy atom. The summed E-state index contributed by atoms with van der Waals surface area (Å²) < 4.78 is 5.73. The van der Waals surface area contributed by atoms with Crippen LogP contribution in [0.2, 0.25) is 0 Å². The summed E-state index contributed by atoms with van der Waals surface area (Å²) in [7, 11) is 3.93. The highest BCUT2D eigenvalue weighted by Gasteiger charge is 2.11. The molecule has 3 nitrogen and oxygen atoms in total. The van der Waals surface area contributed by atoms with E-state index in [1.807, 2.05) is 31.1 Å². The lowest BCUT2D eigenvalue weighted by Gasteiger charge is -2.22. The summed E-state index contributed by atoms with van der Waals surface area (Å²) in [6.45, 7) is 4.70. The lowest BCUT2D eigenvalue weighted by atomic mass is 10.1. The van der Waals surface area contributed by atoms with Crippen LogP contribution in [0.15, 0.2) is 18.2 Å². The average Bonchev–Trinajstić information content (AvgIpc) is 2.28. The predicted molar refractivity (Wildman–Crippen MR) is 69.1 cm³/mol. The largest absolute Gasteiger partial charge is 0.492 e. The van der Waals surface area contributed by atoms with Gasteiger partial charge in [-0.15, -0.1) is 0 Å². The van der Waals surface area contributed by atoms with Gasteiger partial charge in [-0.2, -0.15) is 5.26 Å². The van der Waals surface area contributed by atoms with Gasteiger partial charge in [0, 0.05) is 0 Å². The van der Waals surface area contributed by atoms with Crippen LogP contribution < -0.4 is 4.74 Å². The molecule has 0 spiro atoms. The molecule has 1 atom stereocenters. The number of aryl methyl sites for hydroxylation is 2. The van der Waals surface area contributed by atoms with Crippen molar-refractivity contribution in [3.05, 3.63) is 29.3 Å². The third-order valence-corrected chi connectivity index (χ3v) is 2.98. The molecule has 0 heterocycles. The smallest absolute Gasteiger partial charge is 0.119 e. The van der Waals surface area contributed by atoms with Gasteiger partial charge in [-0.05, 0) is 51.2 Å². The maximum atomic E-state index is 8.73. The molecule has 0 saturated carbocycles. The Balaban J connectivity index is 2.59. The number of hydrogen-bond acceptors (Lipinski definition) is 3. The second-order valence-corrected chi connectivity index (χ2v) is 4.54. The van der Waals surface area contributed by atoms with Gasteiger partial charge in [0.05, 0.1) is 18.5 Å². The topological polar surface area (TPSA) is 36.3 Å². The Morgan fingerprint density at radius 3 is 2.53 bits per heavy atom. The van der Waals surface area contributed by atoms with E-state index >= 15 is 0 Å². The van der Waals surface area contributed by atoms with Crippen molar-refractivity contribution in [1.29, 1.82) is 5.26 Å². The molecule has 0 aromatic heterocycles. The minimum absolute atomic E-state index is 0.140. The molecule has 1 aromatic carbocycles. The van der Waals surface area contributed by atoms with E-state index in [-0.39, 0.29) is 6.04 Å². The molecule has 92 valence electrons. The first-order valence-electron chi connectivity index (χ1n) is 5.78. The number of nitriles is 1. The van der Waals surface area contributed by atoms with E-state index in [9.17, 15) is 0 Å². The predicted octanol–water partition coefficient (Wildman–Crippen LogP) is 2.53. The first kappa shape index (κ1) is 13.5. The monoisotopic (exact) mass is 232 g/mol. The first-order chi connectivity index (χ1) is 8.04. The van der Waals surface area contributed by atoms with Crippen LogP contribution in [0.5, 0.6) is 5.75 Å². The van der Waals surface area contributed by atoms with Gasteiger partial charge in [-0.25, -0.2) is 0 Å². The van der Waals surface area contributed by atoms with Crippen LogP contribution in [0.1, 0.15) is 17.5 Å². The van der Waals surface area contributed by atoms with E-state index in [4.69, 9.17) is 10.00 Å². The zero-order chi connectivity index (χ0) is 12.8. The molecule has 0 amide bonds. The van der Waals surface area contributed by atoms with E-state index in [1.54, 1.807) is 0 Å². The van der Waals surface area contributed by atoms with Crippen LogP contribution in [-0.4, -0.2) is 31.6 Å². The Morgan fingerprint density at radius 2 is 2.00 bits per heavy atom. The van der Waals surface area contributed by atoms with Gasteiger partial charge < -0.3 is 9.64 Å². The van der Waals surface area contributed by atoms with Crippen molar-refractivity contribution < 1.29 is 4.74 Å². The molecular formula is C14H20N2O. The summed E-state index contributed by atoms with van der Waals surface area (Å²) in [5, 5.41) is 8.73. The van der Waals surface area contributed by atoms with E-state index < -0.39 is 0 Å². The molecule has 0 N–H and O–H groups in total. The first-order valence-corrected chi connectivity index (χ1v) is 5.78.